The number of hydrogen-bond donors (Lipinski definition) is 1. The van der Waals surface area contributed by atoms with Gasteiger partial charge < -0.3 is 5.73 Å². The fraction of sp³-hybridized carbons (Fsp3) is 0.625. The lowest BCUT2D eigenvalue weighted by molar-refractivity contribution is 0.119. The van der Waals surface area contributed by atoms with Crippen molar-refractivity contribution in [1.29, 1.82) is 0 Å². The van der Waals surface area contributed by atoms with E-state index in [1.54, 1.807) is 12.1 Å². The molecule has 0 saturated carbocycles. The highest BCUT2D eigenvalue weighted by Crippen LogP contribution is 2.31. The quantitative estimate of drug-likeness (QED) is 0.903. The Balaban J connectivity index is 2.06. The summed E-state index contributed by atoms with van der Waals surface area (Å²) in [5, 5.41) is 0. The second-order valence-electron chi connectivity index (χ2n) is 5.68. The second kappa shape index (κ2) is 6.49. The van der Waals surface area contributed by atoms with Crippen molar-refractivity contribution in [2.24, 2.45) is 11.7 Å². The van der Waals surface area contributed by atoms with E-state index in [9.17, 15) is 4.39 Å². The lowest BCUT2D eigenvalue weighted by atomic mass is 9.89. The third-order valence-corrected chi connectivity index (χ3v) is 4.41. The third-order valence-electron chi connectivity index (χ3n) is 4.41. The Morgan fingerprint density at radius 1 is 1.32 bits per heavy atom. The average molecular weight is 264 g/mol. The van der Waals surface area contributed by atoms with E-state index in [1.165, 1.54) is 0 Å². The zero-order valence-corrected chi connectivity index (χ0v) is 12.0. The van der Waals surface area contributed by atoms with E-state index in [4.69, 9.17) is 5.73 Å². The van der Waals surface area contributed by atoms with Gasteiger partial charge in [0.25, 0.3) is 0 Å². The van der Waals surface area contributed by atoms with E-state index in [0.717, 1.165) is 37.9 Å². The highest BCUT2D eigenvalue weighted by atomic mass is 19.1. The molecule has 106 valence electrons. The molecule has 1 aliphatic heterocycles. The molecule has 0 radical (unpaired) electrons. The van der Waals surface area contributed by atoms with Crippen molar-refractivity contribution in [3.05, 3.63) is 35.6 Å². The van der Waals surface area contributed by atoms with Crippen molar-refractivity contribution in [2.75, 3.05) is 13.1 Å². The summed E-state index contributed by atoms with van der Waals surface area (Å²) in [6.45, 7) is 6.28. The van der Waals surface area contributed by atoms with Crippen LogP contribution in [0, 0.1) is 11.7 Å². The molecule has 3 heteroatoms. The first-order valence-electron chi connectivity index (χ1n) is 7.37. The Kier molecular flexibility index (Phi) is 4.94. The molecule has 2 unspecified atom stereocenters. The molecule has 0 amide bonds. The number of piperidine rings is 1. The first kappa shape index (κ1) is 14.5. The number of halogens is 1. The van der Waals surface area contributed by atoms with Gasteiger partial charge in [-0.25, -0.2) is 4.39 Å². The Hall–Kier alpha value is -0.930. The van der Waals surface area contributed by atoms with Gasteiger partial charge in [-0.3, -0.25) is 4.90 Å². The molecule has 0 spiro atoms. The van der Waals surface area contributed by atoms with Crippen LogP contribution in [-0.4, -0.2) is 24.0 Å². The van der Waals surface area contributed by atoms with Crippen molar-refractivity contribution in [2.45, 2.75) is 45.2 Å². The van der Waals surface area contributed by atoms with E-state index in [2.05, 4.69) is 18.7 Å². The molecule has 1 fully saturated rings. The van der Waals surface area contributed by atoms with Gasteiger partial charge >= 0.3 is 0 Å². The molecule has 0 aromatic heterocycles. The van der Waals surface area contributed by atoms with Gasteiger partial charge in [-0.2, -0.15) is 0 Å². The van der Waals surface area contributed by atoms with Gasteiger partial charge in [0.15, 0.2) is 0 Å². The maximum atomic E-state index is 13.9. The van der Waals surface area contributed by atoms with Crippen LogP contribution in [0.2, 0.25) is 0 Å². The maximum Gasteiger partial charge on any atom is 0.127 e. The number of nitrogens with zero attached hydrogens (tertiary/aromatic N) is 1. The van der Waals surface area contributed by atoms with E-state index in [-0.39, 0.29) is 17.9 Å². The van der Waals surface area contributed by atoms with Crippen LogP contribution in [0.3, 0.4) is 0 Å². The summed E-state index contributed by atoms with van der Waals surface area (Å²) >= 11 is 0. The van der Waals surface area contributed by atoms with Gasteiger partial charge in [-0.1, -0.05) is 25.1 Å². The zero-order valence-electron chi connectivity index (χ0n) is 12.0. The lowest BCUT2D eigenvalue weighted by Gasteiger charge is -2.38. The minimum Gasteiger partial charge on any atom is -0.328 e. The molecule has 2 rings (SSSR count). The average Bonchev–Trinajstić information content (AvgIpc) is 2.42. The number of nitrogens with two attached hydrogens (primary N) is 1. The fourth-order valence-corrected chi connectivity index (χ4v) is 3.18. The molecule has 1 aliphatic rings. The van der Waals surface area contributed by atoms with Crippen molar-refractivity contribution in [1.82, 2.24) is 4.90 Å². The molecule has 2 N–H and O–H groups in total. The molecule has 1 heterocycles. The Labute approximate surface area is 115 Å². The van der Waals surface area contributed by atoms with E-state index < -0.39 is 0 Å². The molecular weight excluding hydrogens is 239 g/mol. The lowest BCUT2D eigenvalue weighted by Crippen LogP contribution is -2.41. The second-order valence-corrected chi connectivity index (χ2v) is 5.68. The molecule has 1 saturated heterocycles. The number of hydrogen-bond acceptors (Lipinski definition) is 2. The normalized spacial score (nSPS) is 21.3. The fourth-order valence-electron chi connectivity index (χ4n) is 3.18. The van der Waals surface area contributed by atoms with E-state index in [0.29, 0.717) is 5.92 Å². The van der Waals surface area contributed by atoms with Crippen LogP contribution in [0.25, 0.3) is 0 Å². The van der Waals surface area contributed by atoms with Gasteiger partial charge in [0.2, 0.25) is 0 Å². The minimum atomic E-state index is -0.0799. The zero-order chi connectivity index (χ0) is 13.8. The van der Waals surface area contributed by atoms with Crippen LogP contribution < -0.4 is 5.73 Å². The van der Waals surface area contributed by atoms with Crippen LogP contribution in [0.15, 0.2) is 24.3 Å². The Morgan fingerprint density at radius 2 is 1.95 bits per heavy atom. The summed E-state index contributed by atoms with van der Waals surface area (Å²) in [7, 11) is 0. The number of likely N-dealkylation sites (tertiary alicyclic amines) is 1. The SMILES string of the molecule is CCC(c1ccccc1F)N1CCC(C(C)N)CC1. The smallest absolute Gasteiger partial charge is 0.127 e. The largest absolute Gasteiger partial charge is 0.328 e. The van der Waals surface area contributed by atoms with Gasteiger partial charge in [0, 0.05) is 17.6 Å². The molecular formula is C16H25FN2. The number of rotatable bonds is 4. The van der Waals surface area contributed by atoms with Gasteiger partial charge in [0.1, 0.15) is 5.82 Å². The molecule has 2 atom stereocenters. The molecule has 1 aromatic carbocycles. The topological polar surface area (TPSA) is 29.3 Å². The molecule has 0 bridgehead atoms. The summed E-state index contributed by atoms with van der Waals surface area (Å²) in [4.78, 5) is 2.41. The highest BCUT2D eigenvalue weighted by Gasteiger charge is 2.27. The van der Waals surface area contributed by atoms with Crippen LogP contribution >= 0.6 is 0 Å². The monoisotopic (exact) mass is 264 g/mol. The standard InChI is InChI=1S/C16H25FN2/c1-3-16(14-6-4-5-7-15(14)17)19-10-8-13(9-11-19)12(2)18/h4-7,12-13,16H,3,8-11,18H2,1-2H3. The van der Waals surface area contributed by atoms with Crippen LogP contribution in [0.4, 0.5) is 4.39 Å². The predicted octanol–water partition coefficient (Wildman–Crippen LogP) is 3.34. The summed E-state index contributed by atoms with van der Waals surface area (Å²) < 4.78 is 13.9. The van der Waals surface area contributed by atoms with Crippen LogP contribution in [0.5, 0.6) is 0 Å². The summed E-state index contributed by atoms with van der Waals surface area (Å²) in [6.07, 6.45) is 3.20. The molecule has 0 aliphatic carbocycles. The van der Waals surface area contributed by atoms with Crippen molar-refractivity contribution >= 4 is 0 Å². The van der Waals surface area contributed by atoms with Crippen molar-refractivity contribution < 1.29 is 4.39 Å². The van der Waals surface area contributed by atoms with Crippen LogP contribution in [0.1, 0.15) is 44.7 Å². The van der Waals surface area contributed by atoms with Gasteiger partial charge in [-0.05, 0) is 51.3 Å². The summed E-state index contributed by atoms with van der Waals surface area (Å²) in [5.74, 6) is 0.540. The van der Waals surface area contributed by atoms with Gasteiger partial charge in [-0.15, -0.1) is 0 Å². The van der Waals surface area contributed by atoms with Crippen molar-refractivity contribution in [3.63, 3.8) is 0 Å². The first-order valence-corrected chi connectivity index (χ1v) is 7.37. The Morgan fingerprint density at radius 3 is 2.47 bits per heavy atom. The first-order chi connectivity index (χ1) is 9.13. The molecule has 19 heavy (non-hydrogen) atoms. The summed E-state index contributed by atoms with van der Waals surface area (Å²) in [5.41, 5.74) is 6.82. The number of benzene rings is 1. The van der Waals surface area contributed by atoms with Crippen molar-refractivity contribution in [3.8, 4) is 0 Å². The Bertz CT molecular complexity index is 397. The third kappa shape index (κ3) is 3.34. The predicted molar refractivity (Wildman–Crippen MR) is 77.4 cm³/mol. The maximum absolute atomic E-state index is 13.9. The minimum absolute atomic E-state index is 0.0799. The van der Waals surface area contributed by atoms with E-state index in [1.807, 2.05) is 12.1 Å². The molecule has 2 nitrogen and oxygen atoms in total. The highest BCUT2D eigenvalue weighted by molar-refractivity contribution is 5.21. The van der Waals surface area contributed by atoms with E-state index >= 15 is 0 Å². The molecule has 1 aromatic rings. The van der Waals surface area contributed by atoms with Crippen LogP contribution in [-0.2, 0) is 0 Å². The van der Waals surface area contributed by atoms with Gasteiger partial charge in [0.05, 0.1) is 0 Å². The summed E-state index contributed by atoms with van der Waals surface area (Å²) in [6, 6.07) is 7.64.